The van der Waals surface area contributed by atoms with Crippen LogP contribution in [-0.4, -0.2) is 41.1 Å². The third kappa shape index (κ3) is 7.06. The molecule has 0 aliphatic heterocycles. The van der Waals surface area contributed by atoms with E-state index < -0.39 is 5.91 Å². The van der Waals surface area contributed by atoms with E-state index in [0.29, 0.717) is 6.54 Å². The molecule has 0 saturated heterocycles. The zero-order valence-corrected chi connectivity index (χ0v) is 19.7. The van der Waals surface area contributed by atoms with Gasteiger partial charge in [-0.25, -0.2) is 0 Å². The molecule has 4 N–H and O–H groups in total. The summed E-state index contributed by atoms with van der Waals surface area (Å²) in [5, 5.41) is 27.5. The predicted molar refractivity (Wildman–Crippen MR) is 134 cm³/mol. The summed E-state index contributed by atoms with van der Waals surface area (Å²) < 4.78 is 0. The number of nitrogens with one attached hydrogen (secondary N) is 1. The maximum atomic E-state index is 12.5. The molecular formula is C26H27ClN4O3. The van der Waals surface area contributed by atoms with Crippen LogP contribution in [0.5, 0.6) is 5.75 Å². The Morgan fingerprint density at radius 2 is 1.88 bits per heavy atom. The molecule has 0 saturated carbocycles. The lowest BCUT2D eigenvalue weighted by atomic mass is 9.98. The number of hydrogen-bond donors (Lipinski definition) is 3. The summed E-state index contributed by atoms with van der Waals surface area (Å²) in [6.07, 6.45) is 3.51. The summed E-state index contributed by atoms with van der Waals surface area (Å²) in [5.74, 6) is -0.642. The number of unbranched alkanes of at least 4 members (excludes halogenated alkanes) is 1. The minimum absolute atomic E-state index is 0.0206. The highest BCUT2D eigenvalue weighted by Gasteiger charge is 2.15. The maximum absolute atomic E-state index is 12.5. The lowest BCUT2D eigenvalue weighted by Gasteiger charge is -2.20. The van der Waals surface area contributed by atoms with Gasteiger partial charge in [-0.1, -0.05) is 61.3 Å². The van der Waals surface area contributed by atoms with Crippen LogP contribution in [0, 0.1) is 16.7 Å². The second-order valence-electron chi connectivity index (χ2n) is 7.54. The highest BCUT2D eigenvalue weighted by Crippen LogP contribution is 2.24. The number of carbonyl (C=O) groups excluding carboxylic acids is 2. The van der Waals surface area contributed by atoms with Gasteiger partial charge in [-0.3, -0.25) is 9.59 Å². The highest BCUT2D eigenvalue weighted by molar-refractivity contribution is 6.32. The summed E-state index contributed by atoms with van der Waals surface area (Å²) in [4.78, 5) is 24.7. The van der Waals surface area contributed by atoms with Crippen LogP contribution in [-0.2, 0) is 11.2 Å². The van der Waals surface area contributed by atoms with Crippen molar-refractivity contribution >= 4 is 40.4 Å². The average Bonchev–Trinajstić information content (AvgIpc) is 2.84. The van der Waals surface area contributed by atoms with Crippen LogP contribution < -0.4 is 5.73 Å². The molecule has 0 bridgehead atoms. The monoisotopic (exact) mass is 478 g/mol. The van der Waals surface area contributed by atoms with Crippen molar-refractivity contribution in [2.75, 3.05) is 13.1 Å². The fourth-order valence-corrected chi connectivity index (χ4v) is 3.51. The van der Waals surface area contributed by atoms with Crippen molar-refractivity contribution in [3.8, 4) is 11.8 Å². The number of fused-ring (bicyclic) bond motifs is 1. The Morgan fingerprint density at radius 1 is 1.18 bits per heavy atom. The molecule has 3 aromatic carbocycles. The average molecular weight is 479 g/mol. The number of aromatic hydroxyl groups is 1. The Balaban J connectivity index is 0.000000310. The molecule has 0 radical (unpaired) electrons. The molecule has 0 unspecified atom stereocenters. The maximum Gasteiger partial charge on any atom is 0.248 e. The van der Waals surface area contributed by atoms with Crippen molar-refractivity contribution in [3.05, 3.63) is 76.3 Å². The van der Waals surface area contributed by atoms with Crippen molar-refractivity contribution in [3.63, 3.8) is 0 Å². The molecule has 3 rings (SSSR count). The van der Waals surface area contributed by atoms with E-state index in [0.717, 1.165) is 34.7 Å². The minimum atomic E-state index is -0.563. The summed E-state index contributed by atoms with van der Waals surface area (Å²) >= 11 is 5.50. The Labute approximate surface area is 203 Å². The van der Waals surface area contributed by atoms with E-state index in [1.165, 1.54) is 24.4 Å². The van der Waals surface area contributed by atoms with Gasteiger partial charge in [0.1, 0.15) is 12.3 Å². The van der Waals surface area contributed by atoms with Gasteiger partial charge >= 0.3 is 0 Å². The van der Waals surface area contributed by atoms with Gasteiger partial charge in [-0.15, -0.1) is 0 Å². The van der Waals surface area contributed by atoms with Gasteiger partial charge in [0.05, 0.1) is 17.5 Å². The molecule has 34 heavy (non-hydrogen) atoms. The minimum Gasteiger partial charge on any atom is -0.506 e. The third-order valence-electron chi connectivity index (χ3n) is 5.17. The van der Waals surface area contributed by atoms with Crippen LogP contribution in [0.3, 0.4) is 0 Å². The van der Waals surface area contributed by atoms with Gasteiger partial charge in [0.2, 0.25) is 11.8 Å². The first kappa shape index (κ1) is 26.4. The Hall–Kier alpha value is -3.89. The molecule has 3 aromatic rings. The van der Waals surface area contributed by atoms with Crippen LogP contribution in [0.4, 0.5) is 0 Å². The molecule has 176 valence electrons. The molecule has 0 aromatic heterocycles. The number of phenols is 1. The van der Waals surface area contributed by atoms with Gasteiger partial charge in [0, 0.05) is 18.3 Å². The summed E-state index contributed by atoms with van der Waals surface area (Å²) in [5.41, 5.74) is 7.02. The van der Waals surface area contributed by atoms with Crippen LogP contribution >= 0.6 is 11.6 Å². The fraction of sp³-hybridized carbons (Fsp3) is 0.231. The van der Waals surface area contributed by atoms with E-state index in [-0.39, 0.29) is 35.2 Å². The normalized spacial score (nSPS) is 10.0. The lowest BCUT2D eigenvalue weighted by Crippen LogP contribution is -2.33. The van der Waals surface area contributed by atoms with E-state index >= 15 is 0 Å². The number of rotatable bonds is 8. The molecule has 0 aliphatic carbocycles. The first-order valence-corrected chi connectivity index (χ1v) is 11.1. The van der Waals surface area contributed by atoms with E-state index in [4.69, 9.17) is 33.1 Å². The number of carbonyl (C=O) groups is 2. The fourth-order valence-electron chi connectivity index (χ4n) is 3.33. The van der Waals surface area contributed by atoms with Crippen LogP contribution in [0.25, 0.3) is 10.8 Å². The number of primary amides is 1. The third-order valence-corrected chi connectivity index (χ3v) is 5.48. The van der Waals surface area contributed by atoms with Crippen molar-refractivity contribution in [1.82, 2.24) is 4.90 Å². The number of nitriles is 1. The number of phenolic OH excluding ortho intramolecular Hbond substituents is 1. The van der Waals surface area contributed by atoms with Gasteiger partial charge in [-0.05, 0) is 46.5 Å². The van der Waals surface area contributed by atoms with E-state index in [1.54, 1.807) is 4.90 Å². The topological polar surface area (TPSA) is 131 Å². The molecule has 0 heterocycles. The summed E-state index contributed by atoms with van der Waals surface area (Å²) in [7, 11) is 0. The van der Waals surface area contributed by atoms with Crippen LogP contribution in [0.2, 0.25) is 5.02 Å². The van der Waals surface area contributed by atoms with Gasteiger partial charge in [0.15, 0.2) is 0 Å². The Kier molecular flexibility index (Phi) is 10.1. The standard InChI is InChI=1S/C19H21N3O.C7H6ClNO2/c1-2-3-11-22(12-10-20)19(23)13-15-8-9-16(14-21)18-7-5-4-6-17(15)18;8-5-3-4(7(9)11)1-2-6(5)10/h4-9,14,21H,2-3,11-13H2,1H3;1-3,10H,(H2,9,11). The Bertz CT molecular complexity index is 1220. The van der Waals surface area contributed by atoms with Crippen molar-refractivity contribution in [2.45, 2.75) is 26.2 Å². The smallest absolute Gasteiger partial charge is 0.248 e. The number of halogens is 1. The molecular weight excluding hydrogens is 452 g/mol. The van der Waals surface area contributed by atoms with Crippen LogP contribution in [0.15, 0.2) is 54.6 Å². The first-order chi connectivity index (χ1) is 16.3. The summed E-state index contributed by atoms with van der Waals surface area (Å²) in [6, 6.07) is 17.7. The highest BCUT2D eigenvalue weighted by atomic mass is 35.5. The van der Waals surface area contributed by atoms with Gasteiger partial charge in [-0.2, -0.15) is 5.26 Å². The SMILES string of the molecule is CCCCN(CC#N)C(=O)Cc1ccc(C=N)c2ccccc12.NC(=O)c1ccc(O)c(Cl)c1. The molecule has 2 amide bonds. The summed E-state index contributed by atoms with van der Waals surface area (Å²) in [6.45, 7) is 2.83. The van der Waals surface area contributed by atoms with Crippen molar-refractivity contribution in [1.29, 1.82) is 10.7 Å². The molecule has 0 aliphatic rings. The molecule has 0 atom stereocenters. The van der Waals surface area contributed by atoms with Gasteiger partial charge < -0.3 is 21.1 Å². The zero-order chi connectivity index (χ0) is 25.1. The first-order valence-electron chi connectivity index (χ1n) is 10.8. The van der Waals surface area contributed by atoms with E-state index in [1.807, 2.05) is 36.4 Å². The zero-order valence-electron chi connectivity index (χ0n) is 18.9. The number of amides is 2. The molecule has 8 heteroatoms. The Morgan fingerprint density at radius 3 is 2.47 bits per heavy atom. The number of nitrogens with zero attached hydrogens (tertiary/aromatic N) is 2. The van der Waals surface area contributed by atoms with Gasteiger partial charge in [0.25, 0.3) is 0 Å². The van der Waals surface area contributed by atoms with Crippen molar-refractivity contribution < 1.29 is 14.7 Å². The lowest BCUT2D eigenvalue weighted by molar-refractivity contribution is -0.129. The van der Waals surface area contributed by atoms with Crippen molar-refractivity contribution in [2.24, 2.45) is 5.73 Å². The molecule has 7 nitrogen and oxygen atoms in total. The van der Waals surface area contributed by atoms with E-state index in [9.17, 15) is 9.59 Å². The van der Waals surface area contributed by atoms with Crippen LogP contribution in [0.1, 0.15) is 41.3 Å². The largest absolute Gasteiger partial charge is 0.506 e. The molecule has 0 fully saturated rings. The number of hydrogen-bond acceptors (Lipinski definition) is 5. The number of benzene rings is 3. The quantitative estimate of drug-likeness (QED) is 0.320. The second-order valence-corrected chi connectivity index (χ2v) is 7.95. The predicted octanol–water partition coefficient (Wildman–Crippen LogP) is 4.68. The molecule has 0 spiro atoms. The second kappa shape index (κ2) is 13.0. The van der Waals surface area contributed by atoms with E-state index in [2.05, 4.69) is 13.0 Å². The number of nitrogens with two attached hydrogens (primary N) is 1.